The molecule has 80 valence electrons. The molecule has 1 aromatic rings. The lowest BCUT2D eigenvalue weighted by Gasteiger charge is -1.97. The van der Waals surface area contributed by atoms with E-state index in [1.165, 1.54) is 6.08 Å². The standard InChI is InChI=1S/C10H13N3O2/c1-3-15-9(14)5-4-8-6-12-10(11-2)13-7-8/h4-7H,3H2,1-2H3,(H,11,12,13). The summed E-state index contributed by atoms with van der Waals surface area (Å²) in [7, 11) is 1.74. The first-order valence-corrected chi connectivity index (χ1v) is 4.61. The lowest BCUT2D eigenvalue weighted by Crippen LogP contribution is -1.99. The highest BCUT2D eigenvalue weighted by atomic mass is 16.5. The number of nitrogens with zero attached hydrogens (tertiary/aromatic N) is 2. The maximum Gasteiger partial charge on any atom is 0.330 e. The number of aromatic nitrogens is 2. The third-order valence-corrected chi connectivity index (χ3v) is 1.59. The zero-order valence-electron chi connectivity index (χ0n) is 8.73. The minimum atomic E-state index is -0.366. The Morgan fingerprint density at radius 1 is 1.53 bits per heavy atom. The highest BCUT2D eigenvalue weighted by Crippen LogP contribution is 2.01. The fourth-order valence-corrected chi connectivity index (χ4v) is 0.908. The van der Waals surface area contributed by atoms with Gasteiger partial charge in [-0.05, 0) is 13.0 Å². The number of esters is 1. The summed E-state index contributed by atoms with van der Waals surface area (Å²) in [6.07, 6.45) is 6.20. The Balaban J connectivity index is 2.60. The molecule has 0 aliphatic heterocycles. The van der Waals surface area contributed by atoms with Gasteiger partial charge in [-0.3, -0.25) is 0 Å². The van der Waals surface area contributed by atoms with Crippen LogP contribution in [-0.4, -0.2) is 29.6 Å². The van der Waals surface area contributed by atoms with Crippen LogP contribution in [0.2, 0.25) is 0 Å². The average molecular weight is 207 g/mol. The van der Waals surface area contributed by atoms with Crippen LogP contribution in [0.5, 0.6) is 0 Å². The van der Waals surface area contributed by atoms with E-state index >= 15 is 0 Å². The topological polar surface area (TPSA) is 64.1 Å². The number of anilines is 1. The van der Waals surface area contributed by atoms with Crippen molar-refractivity contribution in [1.29, 1.82) is 0 Å². The van der Waals surface area contributed by atoms with E-state index in [1.54, 1.807) is 32.4 Å². The highest BCUT2D eigenvalue weighted by Gasteiger charge is 1.95. The van der Waals surface area contributed by atoms with Crippen LogP contribution in [0.3, 0.4) is 0 Å². The number of nitrogens with one attached hydrogen (secondary N) is 1. The van der Waals surface area contributed by atoms with Crippen LogP contribution in [0.25, 0.3) is 6.08 Å². The van der Waals surface area contributed by atoms with Crippen molar-refractivity contribution in [3.8, 4) is 0 Å². The second kappa shape index (κ2) is 5.74. The van der Waals surface area contributed by atoms with Crippen molar-refractivity contribution in [2.45, 2.75) is 6.92 Å². The van der Waals surface area contributed by atoms with Gasteiger partial charge in [0.15, 0.2) is 0 Å². The smallest absolute Gasteiger partial charge is 0.330 e. The zero-order valence-corrected chi connectivity index (χ0v) is 8.73. The van der Waals surface area contributed by atoms with Crippen LogP contribution in [0, 0.1) is 0 Å². The van der Waals surface area contributed by atoms with Crippen molar-refractivity contribution in [3.63, 3.8) is 0 Å². The van der Waals surface area contributed by atoms with Gasteiger partial charge < -0.3 is 10.1 Å². The normalized spacial score (nSPS) is 10.3. The Bertz CT molecular complexity index is 346. The lowest BCUT2D eigenvalue weighted by atomic mass is 10.3. The molecule has 0 amide bonds. The van der Waals surface area contributed by atoms with E-state index in [-0.39, 0.29) is 5.97 Å². The minimum absolute atomic E-state index is 0.366. The van der Waals surface area contributed by atoms with Crippen molar-refractivity contribution >= 4 is 18.0 Å². The summed E-state index contributed by atoms with van der Waals surface area (Å²) in [5, 5.41) is 2.80. The van der Waals surface area contributed by atoms with Crippen molar-refractivity contribution in [3.05, 3.63) is 24.0 Å². The number of hydrogen-bond acceptors (Lipinski definition) is 5. The molecule has 0 atom stereocenters. The first-order chi connectivity index (χ1) is 7.26. The largest absolute Gasteiger partial charge is 0.463 e. The van der Waals surface area contributed by atoms with Crippen LogP contribution < -0.4 is 5.32 Å². The first-order valence-electron chi connectivity index (χ1n) is 4.61. The quantitative estimate of drug-likeness (QED) is 0.591. The summed E-state index contributed by atoms with van der Waals surface area (Å²) >= 11 is 0. The van der Waals surface area contributed by atoms with Gasteiger partial charge in [0.1, 0.15) is 0 Å². The van der Waals surface area contributed by atoms with Gasteiger partial charge in [-0.25, -0.2) is 14.8 Å². The summed E-state index contributed by atoms with van der Waals surface area (Å²) in [6.45, 7) is 2.13. The molecule has 5 heteroatoms. The second-order valence-electron chi connectivity index (χ2n) is 2.68. The summed E-state index contributed by atoms with van der Waals surface area (Å²) in [4.78, 5) is 19.0. The van der Waals surface area contributed by atoms with E-state index in [1.807, 2.05) is 0 Å². The molecule has 0 saturated carbocycles. The van der Waals surface area contributed by atoms with Crippen LogP contribution in [0.4, 0.5) is 5.95 Å². The van der Waals surface area contributed by atoms with Gasteiger partial charge in [-0.2, -0.15) is 0 Å². The third-order valence-electron chi connectivity index (χ3n) is 1.59. The first kappa shape index (κ1) is 11.2. The Kier molecular flexibility index (Phi) is 4.28. The summed E-state index contributed by atoms with van der Waals surface area (Å²) < 4.78 is 4.73. The molecule has 0 aliphatic rings. The number of carbonyl (C=O) groups is 1. The molecule has 15 heavy (non-hydrogen) atoms. The summed E-state index contributed by atoms with van der Waals surface area (Å²) in [6, 6.07) is 0. The van der Waals surface area contributed by atoms with Crippen molar-refractivity contribution < 1.29 is 9.53 Å². The molecule has 0 saturated heterocycles. The molecule has 0 bridgehead atoms. The van der Waals surface area contributed by atoms with Gasteiger partial charge in [-0.1, -0.05) is 0 Å². The predicted octanol–water partition coefficient (Wildman–Crippen LogP) is 1.09. The molecule has 1 N–H and O–H groups in total. The minimum Gasteiger partial charge on any atom is -0.463 e. The summed E-state index contributed by atoms with van der Waals surface area (Å²) in [5.74, 6) is 0.179. The Hall–Kier alpha value is -1.91. The molecule has 0 spiro atoms. The van der Waals surface area contributed by atoms with Gasteiger partial charge in [0.2, 0.25) is 5.95 Å². The molecule has 0 fully saturated rings. The fourth-order valence-electron chi connectivity index (χ4n) is 0.908. The predicted molar refractivity (Wildman–Crippen MR) is 57.2 cm³/mol. The Labute approximate surface area is 88.2 Å². The van der Waals surface area contributed by atoms with E-state index in [2.05, 4.69) is 15.3 Å². The molecule has 0 aliphatic carbocycles. The molecule has 0 unspecified atom stereocenters. The fraction of sp³-hybridized carbons (Fsp3) is 0.300. The van der Waals surface area contributed by atoms with Crippen LogP contribution in [0.1, 0.15) is 12.5 Å². The Morgan fingerprint density at radius 2 is 2.20 bits per heavy atom. The molecule has 0 radical (unpaired) electrons. The molecular weight excluding hydrogens is 194 g/mol. The van der Waals surface area contributed by atoms with Crippen molar-refractivity contribution in [2.24, 2.45) is 0 Å². The van der Waals surface area contributed by atoms with Gasteiger partial charge in [0, 0.05) is 31.1 Å². The molecule has 1 rings (SSSR count). The van der Waals surface area contributed by atoms with Gasteiger partial charge in [-0.15, -0.1) is 0 Å². The van der Waals surface area contributed by atoms with E-state index in [0.717, 1.165) is 5.56 Å². The monoisotopic (exact) mass is 207 g/mol. The number of rotatable bonds is 4. The average Bonchev–Trinajstić information content (AvgIpc) is 2.27. The third kappa shape index (κ3) is 3.76. The summed E-state index contributed by atoms with van der Waals surface area (Å²) in [5.41, 5.74) is 0.752. The van der Waals surface area contributed by atoms with Gasteiger partial charge in [0.25, 0.3) is 0 Å². The van der Waals surface area contributed by atoms with Crippen molar-refractivity contribution in [1.82, 2.24) is 9.97 Å². The van der Waals surface area contributed by atoms with Crippen molar-refractivity contribution in [2.75, 3.05) is 19.0 Å². The van der Waals surface area contributed by atoms with Crippen LogP contribution >= 0.6 is 0 Å². The molecule has 1 heterocycles. The maximum atomic E-state index is 11.0. The van der Waals surface area contributed by atoms with Crippen LogP contribution in [0.15, 0.2) is 18.5 Å². The maximum absolute atomic E-state index is 11.0. The van der Waals surface area contributed by atoms with Crippen LogP contribution in [-0.2, 0) is 9.53 Å². The second-order valence-corrected chi connectivity index (χ2v) is 2.68. The molecule has 0 aromatic carbocycles. The van der Waals surface area contributed by atoms with Gasteiger partial charge >= 0.3 is 5.97 Å². The zero-order chi connectivity index (χ0) is 11.1. The number of carbonyl (C=O) groups excluding carboxylic acids is 1. The molecular formula is C10H13N3O2. The van der Waals surface area contributed by atoms with E-state index in [9.17, 15) is 4.79 Å². The van der Waals surface area contributed by atoms with E-state index in [4.69, 9.17) is 4.74 Å². The highest BCUT2D eigenvalue weighted by molar-refractivity contribution is 5.86. The van der Waals surface area contributed by atoms with E-state index < -0.39 is 0 Å². The molecule has 5 nitrogen and oxygen atoms in total. The number of ether oxygens (including phenoxy) is 1. The number of hydrogen-bond donors (Lipinski definition) is 1. The Morgan fingerprint density at radius 3 is 2.73 bits per heavy atom. The van der Waals surface area contributed by atoms with E-state index in [0.29, 0.717) is 12.6 Å². The lowest BCUT2D eigenvalue weighted by molar-refractivity contribution is -0.137. The SMILES string of the molecule is CCOC(=O)C=Cc1cnc(NC)nc1. The molecule has 1 aromatic heterocycles. The van der Waals surface area contributed by atoms with Gasteiger partial charge in [0.05, 0.1) is 6.61 Å².